The Kier molecular flexibility index (Phi) is 11.4. The number of hydrogen-bond donors (Lipinski definition) is 1. The fourth-order valence-corrected chi connectivity index (χ4v) is 7.08. The summed E-state index contributed by atoms with van der Waals surface area (Å²) in [6.07, 6.45) is 2.00. The van der Waals surface area contributed by atoms with E-state index in [4.69, 9.17) is 23.4 Å². The molecule has 10 nitrogen and oxygen atoms in total. The average molecular weight is 699 g/mol. The van der Waals surface area contributed by atoms with E-state index < -0.39 is 38.3 Å². The summed E-state index contributed by atoms with van der Waals surface area (Å²) in [6.45, 7) is 10.9. The van der Waals surface area contributed by atoms with E-state index in [1.807, 2.05) is 97.9 Å². The van der Waals surface area contributed by atoms with E-state index in [1.54, 1.807) is 33.0 Å². The fourth-order valence-electron chi connectivity index (χ4n) is 5.78. The molecule has 2 heterocycles. The number of aromatic nitrogens is 2. The summed E-state index contributed by atoms with van der Waals surface area (Å²) in [5.74, 6) is 1.79. The van der Waals surface area contributed by atoms with Gasteiger partial charge in [0, 0.05) is 32.1 Å². The molecule has 0 aliphatic carbocycles. The maximum absolute atomic E-state index is 12.0. The van der Waals surface area contributed by atoms with Gasteiger partial charge in [0.25, 0.3) is 5.95 Å². The lowest BCUT2D eigenvalue weighted by molar-refractivity contribution is -0.0828. The Morgan fingerprint density at radius 3 is 1.84 bits per heavy atom. The molecule has 1 aliphatic rings. The highest BCUT2D eigenvalue weighted by atomic mass is 28.4. The van der Waals surface area contributed by atoms with Crippen molar-refractivity contribution in [2.24, 2.45) is 4.99 Å². The van der Waals surface area contributed by atoms with Gasteiger partial charge in [-0.05, 0) is 59.1 Å². The van der Waals surface area contributed by atoms with Gasteiger partial charge in [-0.15, -0.1) is 0 Å². The van der Waals surface area contributed by atoms with Gasteiger partial charge >= 0.3 is 0 Å². The zero-order valence-electron chi connectivity index (χ0n) is 30.5. The summed E-state index contributed by atoms with van der Waals surface area (Å²) in [5.41, 5.74) is 2.30. The van der Waals surface area contributed by atoms with Gasteiger partial charge in [-0.3, -0.25) is 0 Å². The standard InChI is InChI=1S/C39H50N4O6Si/c1-38(2,3)50(8,9)49-36-34(44)33(48-35(36)27-23-40-37(41-24-27)42-26-43(4)5)25-47-39(28-13-11-10-12-14-28,29-15-19-31(45-6)20-16-29)30-17-21-32(46-7)22-18-30/h10-24,26,33-36,44H,25H2,1-9H3/b42-26-/t33-,34-,35+,36-/m1/s1. The normalized spacial score (nSPS) is 19.9. The molecule has 1 aromatic heterocycles. The minimum atomic E-state index is -2.36. The zero-order chi connectivity index (χ0) is 36.1. The number of aliphatic imine (C=N–C) groups is 1. The van der Waals surface area contributed by atoms with Crippen LogP contribution in [0.15, 0.2) is 96.2 Å². The number of rotatable bonds is 13. The van der Waals surface area contributed by atoms with Crippen LogP contribution >= 0.6 is 0 Å². The molecule has 4 aromatic rings. The van der Waals surface area contributed by atoms with Crippen molar-refractivity contribution < 1.29 is 28.5 Å². The predicted octanol–water partition coefficient (Wildman–Crippen LogP) is 6.92. The van der Waals surface area contributed by atoms with Crippen LogP contribution in [0.4, 0.5) is 5.95 Å². The molecule has 0 spiro atoms. The summed E-state index contributed by atoms with van der Waals surface area (Å²) >= 11 is 0. The number of benzene rings is 3. The predicted molar refractivity (Wildman–Crippen MR) is 198 cm³/mol. The molecule has 1 N–H and O–H groups in total. The molecule has 1 aliphatic heterocycles. The van der Waals surface area contributed by atoms with Gasteiger partial charge in [-0.2, -0.15) is 0 Å². The lowest BCUT2D eigenvalue weighted by Crippen LogP contribution is -2.48. The molecular formula is C39H50N4O6Si. The molecule has 5 rings (SSSR count). The second kappa shape index (κ2) is 15.4. The van der Waals surface area contributed by atoms with Gasteiger partial charge in [0.15, 0.2) is 8.32 Å². The van der Waals surface area contributed by atoms with Crippen LogP contribution in [0.2, 0.25) is 18.1 Å². The van der Waals surface area contributed by atoms with Crippen LogP contribution in [0.25, 0.3) is 0 Å². The lowest BCUT2D eigenvalue weighted by Gasteiger charge is -2.40. The van der Waals surface area contributed by atoms with Gasteiger partial charge in [0.05, 0.1) is 27.2 Å². The van der Waals surface area contributed by atoms with Crippen molar-refractivity contribution >= 4 is 20.6 Å². The van der Waals surface area contributed by atoms with Crippen molar-refractivity contribution in [3.8, 4) is 11.5 Å². The Labute approximate surface area is 297 Å². The Morgan fingerprint density at radius 2 is 1.36 bits per heavy atom. The maximum atomic E-state index is 12.0. The molecule has 3 aromatic carbocycles. The molecule has 11 heteroatoms. The smallest absolute Gasteiger partial charge is 0.250 e. The van der Waals surface area contributed by atoms with Crippen molar-refractivity contribution in [3.05, 3.63) is 114 Å². The highest BCUT2D eigenvalue weighted by molar-refractivity contribution is 6.74. The van der Waals surface area contributed by atoms with Gasteiger partial charge in [0.2, 0.25) is 0 Å². The number of hydrogen-bond acceptors (Lipinski definition) is 9. The van der Waals surface area contributed by atoms with Crippen LogP contribution in [-0.2, 0) is 19.5 Å². The monoisotopic (exact) mass is 698 g/mol. The number of ether oxygens (including phenoxy) is 4. The summed E-state index contributed by atoms with van der Waals surface area (Å²) in [7, 11) is 4.69. The van der Waals surface area contributed by atoms with Crippen LogP contribution in [0, 0.1) is 0 Å². The van der Waals surface area contributed by atoms with Gasteiger partial charge in [0.1, 0.15) is 41.5 Å². The molecule has 266 valence electrons. The SMILES string of the molecule is COc1ccc(C(OC[C@H]2O[C@@H](c3cnc(/N=C\N(C)C)nc3)[C@H](O[Si](C)(C)C(C)(C)C)[C@@H]2O)(c2ccccc2)c2ccc(OC)cc2)cc1. The third kappa shape index (κ3) is 7.92. The van der Waals surface area contributed by atoms with Crippen molar-refractivity contribution in [3.63, 3.8) is 0 Å². The van der Waals surface area contributed by atoms with Crippen molar-refractivity contribution in [2.75, 3.05) is 34.9 Å². The van der Waals surface area contributed by atoms with Crippen LogP contribution < -0.4 is 9.47 Å². The average Bonchev–Trinajstić information content (AvgIpc) is 3.41. The minimum absolute atomic E-state index is 0.0497. The molecule has 0 unspecified atom stereocenters. The fraction of sp³-hybridized carbons (Fsp3) is 0.410. The van der Waals surface area contributed by atoms with E-state index in [0.717, 1.165) is 28.2 Å². The van der Waals surface area contributed by atoms with E-state index in [0.29, 0.717) is 11.5 Å². The first-order valence-electron chi connectivity index (χ1n) is 16.8. The summed E-state index contributed by atoms with van der Waals surface area (Å²) in [6, 6.07) is 25.8. The van der Waals surface area contributed by atoms with Crippen molar-refractivity contribution in [2.45, 2.75) is 68.9 Å². The first kappa shape index (κ1) is 37.1. The van der Waals surface area contributed by atoms with Gasteiger partial charge < -0.3 is 33.4 Å². The molecule has 50 heavy (non-hydrogen) atoms. The van der Waals surface area contributed by atoms with Crippen LogP contribution in [0.5, 0.6) is 11.5 Å². The number of nitrogens with zero attached hydrogens (tertiary/aromatic N) is 4. The lowest BCUT2D eigenvalue weighted by atomic mass is 9.80. The molecule has 4 atom stereocenters. The van der Waals surface area contributed by atoms with Crippen LogP contribution in [0.3, 0.4) is 0 Å². The second-order valence-corrected chi connectivity index (χ2v) is 19.0. The Morgan fingerprint density at radius 1 is 0.840 bits per heavy atom. The third-order valence-electron chi connectivity index (χ3n) is 9.60. The molecule has 0 bridgehead atoms. The van der Waals surface area contributed by atoms with Crippen LogP contribution in [-0.4, -0.2) is 87.9 Å². The Hall–Kier alpha value is -4.13. The van der Waals surface area contributed by atoms with E-state index in [1.165, 1.54) is 0 Å². The van der Waals surface area contributed by atoms with Crippen molar-refractivity contribution in [1.29, 1.82) is 0 Å². The minimum Gasteiger partial charge on any atom is -0.497 e. The molecule has 1 fully saturated rings. The Bertz CT molecular complexity index is 1650. The molecule has 0 amide bonds. The van der Waals surface area contributed by atoms with Crippen LogP contribution in [0.1, 0.15) is 49.1 Å². The molecule has 0 radical (unpaired) electrons. The van der Waals surface area contributed by atoms with E-state index in [-0.39, 0.29) is 11.6 Å². The Balaban J connectivity index is 1.55. The van der Waals surface area contributed by atoms with E-state index >= 15 is 0 Å². The summed E-state index contributed by atoms with van der Waals surface area (Å²) in [5, 5.41) is 11.9. The van der Waals surface area contributed by atoms with Crippen molar-refractivity contribution in [1.82, 2.24) is 14.9 Å². The second-order valence-electron chi connectivity index (χ2n) is 14.3. The molecule has 1 saturated heterocycles. The van der Waals surface area contributed by atoms with E-state index in [2.05, 4.69) is 48.8 Å². The number of methoxy groups -OCH3 is 2. The number of aliphatic hydroxyl groups excluding tert-OH is 1. The number of aliphatic hydroxyl groups is 1. The highest BCUT2D eigenvalue weighted by Gasteiger charge is 2.51. The zero-order valence-corrected chi connectivity index (χ0v) is 31.5. The van der Waals surface area contributed by atoms with E-state index in [9.17, 15) is 5.11 Å². The largest absolute Gasteiger partial charge is 0.497 e. The third-order valence-corrected chi connectivity index (χ3v) is 14.1. The van der Waals surface area contributed by atoms with Gasteiger partial charge in [-0.1, -0.05) is 75.4 Å². The maximum Gasteiger partial charge on any atom is 0.250 e. The summed E-state index contributed by atoms with van der Waals surface area (Å²) in [4.78, 5) is 15.0. The summed E-state index contributed by atoms with van der Waals surface area (Å²) < 4.78 is 31.7. The highest BCUT2D eigenvalue weighted by Crippen LogP contribution is 2.46. The topological polar surface area (TPSA) is 108 Å². The first-order chi connectivity index (χ1) is 23.8. The quantitative estimate of drug-likeness (QED) is 0.0690. The first-order valence-corrected chi connectivity index (χ1v) is 19.7. The molecular weight excluding hydrogens is 649 g/mol. The van der Waals surface area contributed by atoms with Gasteiger partial charge in [-0.25, -0.2) is 15.0 Å². The molecule has 0 saturated carbocycles.